The van der Waals surface area contributed by atoms with E-state index in [1.807, 2.05) is 19.1 Å². The average molecular weight is 438 g/mol. The van der Waals surface area contributed by atoms with Gasteiger partial charge in [0.15, 0.2) is 11.0 Å². The van der Waals surface area contributed by atoms with E-state index in [-0.39, 0.29) is 5.97 Å². The lowest BCUT2D eigenvalue weighted by Crippen LogP contribution is -2.15. The molecule has 1 saturated carbocycles. The molecule has 26 heavy (non-hydrogen) atoms. The molecule has 7 heteroatoms. The van der Waals surface area contributed by atoms with Gasteiger partial charge in [-0.25, -0.2) is 0 Å². The predicted molar refractivity (Wildman–Crippen MR) is 107 cm³/mol. The van der Waals surface area contributed by atoms with Crippen LogP contribution in [0.1, 0.15) is 51.5 Å². The number of carbonyl (C=O) groups excluding carboxylic acids is 1. The molecule has 0 radical (unpaired) electrons. The van der Waals surface area contributed by atoms with Gasteiger partial charge in [0.25, 0.3) is 0 Å². The van der Waals surface area contributed by atoms with Crippen molar-refractivity contribution in [2.75, 3.05) is 12.4 Å². The second-order valence-corrected chi connectivity index (χ2v) is 8.36. The summed E-state index contributed by atoms with van der Waals surface area (Å²) in [5, 5.41) is 9.83. The molecule has 1 aliphatic carbocycles. The van der Waals surface area contributed by atoms with Crippen molar-refractivity contribution in [3.05, 3.63) is 28.7 Å². The Labute approximate surface area is 167 Å². The summed E-state index contributed by atoms with van der Waals surface area (Å²) >= 11 is 5.08. The molecule has 3 rings (SSSR count). The fraction of sp³-hybridized carbons (Fsp3) is 0.526. The SMILES string of the molecule is CCOC(=O)CCSc1nnc(-c2ccc(Br)cc2)n1C1CCCCC1. The third-order valence-corrected chi connectivity index (χ3v) is 6.02. The van der Waals surface area contributed by atoms with E-state index in [1.54, 1.807) is 11.8 Å². The highest BCUT2D eigenvalue weighted by molar-refractivity contribution is 9.10. The van der Waals surface area contributed by atoms with Crippen molar-refractivity contribution in [3.63, 3.8) is 0 Å². The molecule has 0 unspecified atom stereocenters. The van der Waals surface area contributed by atoms with Gasteiger partial charge in [0, 0.05) is 21.8 Å². The summed E-state index contributed by atoms with van der Waals surface area (Å²) in [5.41, 5.74) is 1.07. The topological polar surface area (TPSA) is 57.0 Å². The predicted octanol–water partition coefficient (Wildman–Crippen LogP) is 5.26. The number of rotatable bonds is 7. The Kier molecular flexibility index (Phi) is 7.14. The van der Waals surface area contributed by atoms with E-state index in [9.17, 15) is 4.79 Å². The number of aromatic nitrogens is 3. The van der Waals surface area contributed by atoms with Gasteiger partial charge in [-0.3, -0.25) is 9.36 Å². The van der Waals surface area contributed by atoms with Gasteiger partial charge < -0.3 is 4.74 Å². The minimum Gasteiger partial charge on any atom is -0.466 e. The zero-order valence-corrected chi connectivity index (χ0v) is 17.4. The van der Waals surface area contributed by atoms with E-state index in [0.29, 0.717) is 24.8 Å². The molecular weight excluding hydrogens is 414 g/mol. The van der Waals surface area contributed by atoms with Crippen LogP contribution in [0.25, 0.3) is 11.4 Å². The van der Waals surface area contributed by atoms with Gasteiger partial charge in [-0.05, 0) is 31.9 Å². The Morgan fingerprint density at radius 3 is 2.65 bits per heavy atom. The first-order valence-electron chi connectivity index (χ1n) is 9.18. The Morgan fingerprint density at radius 1 is 1.23 bits per heavy atom. The third kappa shape index (κ3) is 4.88. The van der Waals surface area contributed by atoms with Crippen LogP contribution >= 0.6 is 27.7 Å². The lowest BCUT2D eigenvalue weighted by molar-refractivity contribution is -0.142. The molecule has 0 atom stereocenters. The van der Waals surface area contributed by atoms with Crippen molar-refractivity contribution < 1.29 is 9.53 Å². The maximum absolute atomic E-state index is 11.6. The smallest absolute Gasteiger partial charge is 0.306 e. The fourth-order valence-electron chi connectivity index (χ4n) is 3.30. The molecule has 1 aromatic heterocycles. The van der Waals surface area contributed by atoms with Crippen molar-refractivity contribution in [2.45, 2.75) is 56.6 Å². The molecule has 0 bridgehead atoms. The Hall–Kier alpha value is -1.34. The van der Waals surface area contributed by atoms with Crippen molar-refractivity contribution in [1.29, 1.82) is 0 Å². The van der Waals surface area contributed by atoms with Gasteiger partial charge >= 0.3 is 5.97 Å². The van der Waals surface area contributed by atoms with Crippen LogP contribution in [0, 0.1) is 0 Å². The van der Waals surface area contributed by atoms with Crippen molar-refractivity contribution >= 4 is 33.7 Å². The van der Waals surface area contributed by atoms with E-state index in [4.69, 9.17) is 4.74 Å². The van der Waals surface area contributed by atoms with Gasteiger partial charge in [-0.15, -0.1) is 10.2 Å². The summed E-state index contributed by atoms with van der Waals surface area (Å²) in [7, 11) is 0. The summed E-state index contributed by atoms with van der Waals surface area (Å²) in [6.45, 7) is 2.25. The molecular formula is C19H24BrN3O2S. The molecule has 1 heterocycles. The summed E-state index contributed by atoms with van der Waals surface area (Å²) < 4.78 is 8.35. The van der Waals surface area contributed by atoms with Crippen LogP contribution in [0.3, 0.4) is 0 Å². The molecule has 140 valence electrons. The van der Waals surface area contributed by atoms with E-state index in [0.717, 1.165) is 33.9 Å². The van der Waals surface area contributed by atoms with Crippen LogP contribution in [-0.4, -0.2) is 33.1 Å². The first-order chi connectivity index (χ1) is 12.7. The lowest BCUT2D eigenvalue weighted by atomic mass is 9.95. The van der Waals surface area contributed by atoms with Crippen molar-refractivity contribution in [2.24, 2.45) is 0 Å². The van der Waals surface area contributed by atoms with Gasteiger partial charge in [-0.2, -0.15) is 0 Å². The van der Waals surface area contributed by atoms with E-state index in [2.05, 4.69) is 42.8 Å². The number of esters is 1. The monoisotopic (exact) mass is 437 g/mol. The van der Waals surface area contributed by atoms with Crippen LogP contribution < -0.4 is 0 Å². The first-order valence-corrected chi connectivity index (χ1v) is 11.0. The zero-order valence-electron chi connectivity index (χ0n) is 15.0. The number of halogens is 1. The summed E-state index contributed by atoms with van der Waals surface area (Å²) in [4.78, 5) is 11.6. The Morgan fingerprint density at radius 2 is 1.96 bits per heavy atom. The second kappa shape index (κ2) is 9.55. The molecule has 0 saturated heterocycles. The Balaban J connectivity index is 1.81. The molecule has 1 aliphatic rings. The lowest BCUT2D eigenvalue weighted by Gasteiger charge is -2.25. The largest absolute Gasteiger partial charge is 0.466 e. The number of ether oxygens (including phenoxy) is 1. The van der Waals surface area contributed by atoms with E-state index in [1.165, 1.54) is 19.3 Å². The van der Waals surface area contributed by atoms with Crippen LogP contribution in [0.15, 0.2) is 33.9 Å². The Bertz CT molecular complexity index is 727. The quantitative estimate of drug-likeness (QED) is 0.436. The molecule has 0 N–H and O–H groups in total. The molecule has 5 nitrogen and oxygen atoms in total. The maximum atomic E-state index is 11.6. The first kappa shape index (κ1) is 19.4. The number of nitrogens with zero attached hydrogens (tertiary/aromatic N) is 3. The van der Waals surface area contributed by atoms with Crippen molar-refractivity contribution in [3.8, 4) is 11.4 Å². The molecule has 1 aromatic carbocycles. The highest BCUT2D eigenvalue weighted by atomic mass is 79.9. The van der Waals surface area contributed by atoms with Crippen LogP contribution in [0.4, 0.5) is 0 Å². The minimum absolute atomic E-state index is 0.156. The summed E-state index contributed by atoms with van der Waals surface area (Å²) in [5.74, 6) is 1.42. The number of hydrogen-bond acceptors (Lipinski definition) is 5. The number of carbonyl (C=O) groups is 1. The van der Waals surface area contributed by atoms with E-state index >= 15 is 0 Å². The molecule has 0 spiro atoms. The van der Waals surface area contributed by atoms with Crippen LogP contribution in [-0.2, 0) is 9.53 Å². The third-order valence-electron chi connectivity index (χ3n) is 4.55. The number of hydrogen-bond donors (Lipinski definition) is 0. The molecule has 1 fully saturated rings. The number of thioether (sulfide) groups is 1. The minimum atomic E-state index is -0.156. The standard InChI is InChI=1S/C19H24BrN3O2S/c1-2-25-17(24)12-13-26-19-22-21-18(14-8-10-15(20)11-9-14)23(19)16-6-4-3-5-7-16/h8-11,16H,2-7,12-13H2,1H3. The van der Waals surface area contributed by atoms with Gasteiger partial charge in [0.05, 0.1) is 13.0 Å². The molecule has 0 aliphatic heterocycles. The van der Waals surface area contributed by atoms with Crippen LogP contribution in [0.5, 0.6) is 0 Å². The van der Waals surface area contributed by atoms with Crippen LogP contribution in [0.2, 0.25) is 0 Å². The zero-order chi connectivity index (χ0) is 18.4. The normalized spacial score (nSPS) is 15.2. The van der Waals surface area contributed by atoms with Gasteiger partial charge in [0.2, 0.25) is 0 Å². The summed E-state index contributed by atoms with van der Waals surface area (Å²) in [6.07, 6.45) is 6.51. The highest BCUT2D eigenvalue weighted by Crippen LogP contribution is 2.35. The maximum Gasteiger partial charge on any atom is 0.306 e. The van der Waals surface area contributed by atoms with Gasteiger partial charge in [-0.1, -0.05) is 59.1 Å². The number of benzene rings is 1. The molecule has 0 amide bonds. The highest BCUT2D eigenvalue weighted by Gasteiger charge is 2.24. The summed E-state index contributed by atoms with van der Waals surface area (Å²) in [6, 6.07) is 8.63. The van der Waals surface area contributed by atoms with Crippen molar-refractivity contribution in [1.82, 2.24) is 14.8 Å². The van der Waals surface area contributed by atoms with Gasteiger partial charge in [0.1, 0.15) is 0 Å². The fourth-order valence-corrected chi connectivity index (χ4v) is 4.49. The van der Waals surface area contributed by atoms with E-state index < -0.39 is 0 Å². The average Bonchev–Trinajstić information content (AvgIpc) is 3.07. The molecule has 2 aromatic rings. The second-order valence-electron chi connectivity index (χ2n) is 6.38.